The van der Waals surface area contributed by atoms with Crippen molar-refractivity contribution in [3.8, 4) is 22.5 Å². The van der Waals surface area contributed by atoms with E-state index in [2.05, 4.69) is 37.0 Å². The van der Waals surface area contributed by atoms with Gasteiger partial charge in [-0.05, 0) is 36.2 Å². The summed E-state index contributed by atoms with van der Waals surface area (Å²) < 4.78 is 7.40. The summed E-state index contributed by atoms with van der Waals surface area (Å²) in [7, 11) is 0. The lowest BCUT2D eigenvalue weighted by Crippen LogP contribution is -1.91. The molecule has 0 bridgehead atoms. The Balaban J connectivity index is 2.24. The maximum atomic E-state index is 6.03. The Kier molecular flexibility index (Phi) is 3.87. The van der Waals surface area contributed by atoms with Crippen molar-refractivity contribution >= 4 is 37.7 Å². The molecule has 0 aliphatic heterocycles. The normalized spacial score (nSPS) is 10.8. The zero-order valence-corrected chi connectivity index (χ0v) is 14.4. The molecule has 3 aromatic rings. The van der Waals surface area contributed by atoms with Gasteiger partial charge in [-0.1, -0.05) is 61.3 Å². The fourth-order valence-corrected chi connectivity index (χ4v) is 3.59. The van der Waals surface area contributed by atoms with Gasteiger partial charge in [-0.3, -0.25) is 0 Å². The van der Waals surface area contributed by atoms with Gasteiger partial charge in [-0.2, -0.15) is 0 Å². The van der Waals surface area contributed by atoms with Crippen LogP contribution in [0.5, 0.6) is 0 Å². The molecule has 0 saturated heterocycles. The second-order valence-electron chi connectivity index (χ2n) is 4.74. The molecule has 2 aromatic carbocycles. The number of aryl methyl sites for hydroxylation is 1. The van der Waals surface area contributed by atoms with Gasteiger partial charge >= 0.3 is 0 Å². The van der Waals surface area contributed by atoms with Gasteiger partial charge in [0.05, 0.1) is 5.56 Å². The zero-order valence-electron chi connectivity index (χ0n) is 11.2. The minimum Gasteiger partial charge on any atom is -0.380 e. The summed E-state index contributed by atoms with van der Waals surface area (Å²) in [5.74, 6) is 1.07. The van der Waals surface area contributed by atoms with Crippen LogP contribution in [0.4, 0.5) is 5.82 Å². The highest BCUT2D eigenvalue weighted by molar-refractivity contribution is 9.11. The molecule has 3 rings (SSSR count). The lowest BCUT2D eigenvalue weighted by molar-refractivity contribution is 0.436. The quantitative estimate of drug-likeness (QED) is 0.616. The number of hydrogen-bond donors (Lipinski definition) is 1. The number of aromatic nitrogens is 1. The summed E-state index contributed by atoms with van der Waals surface area (Å²) in [6.45, 7) is 2.04. The SMILES string of the molecule is Cc1ccccc1-c1c(N)noc1-c1cc(Br)cc(Br)c1. The maximum Gasteiger partial charge on any atom is 0.177 e. The average Bonchev–Trinajstić information content (AvgIpc) is 2.80. The van der Waals surface area contributed by atoms with Gasteiger partial charge in [0, 0.05) is 14.5 Å². The van der Waals surface area contributed by atoms with Crippen LogP contribution in [0.2, 0.25) is 0 Å². The Labute approximate surface area is 139 Å². The predicted molar refractivity (Wildman–Crippen MR) is 91.9 cm³/mol. The van der Waals surface area contributed by atoms with E-state index in [-0.39, 0.29) is 0 Å². The number of nitrogen functional groups attached to an aromatic ring is 1. The van der Waals surface area contributed by atoms with E-state index in [9.17, 15) is 0 Å². The second kappa shape index (κ2) is 5.66. The first-order chi connectivity index (χ1) is 10.1. The van der Waals surface area contributed by atoms with E-state index in [1.165, 1.54) is 0 Å². The first-order valence-electron chi connectivity index (χ1n) is 6.34. The molecule has 0 aliphatic rings. The molecular weight excluding hydrogens is 396 g/mol. The average molecular weight is 408 g/mol. The largest absolute Gasteiger partial charge is 0.380 e. The molecule has 0 aliphatic carbocycles. The highest BCUT2D eigenvalue weighted by Gasteiger charge is 2.19. The molecule has 0 atom stereocenters. The van der Waals surface area contributed by atoms with Gasteiger partial charge in [0.1, 0.15) is 0 Å². The molecule has 3 nitrogen and oxygen atoms in total. The molecule has 0 saturated carbocycles. The molecule has 1 heterocycles. The van der Waals surface area contributed by atoms with E-state index in [0.29, 0.717) is 11.6 Å². The summed E-state index contributed by atoms with van der Waals surface area (Å²) in [6.07, 6.45) is 0. The molecular formula is C16H12Br2N2O. The number of hydrogen-bond acceptors (Lipinski definition) is 3. The molecule has 0 amide bonds. The highest BCUT2D eigenvalue weighted by atomic mass is 79.9. The predicted octanol–water partition coefficient (Wildman–Crippen LogP) is 5.42. The van der Waals surface area contributed by atoms with Crippen molar-refractivity contribution in [2.24, 2.45) is 0 Å². The van der Waals surface area contributed by atoms with Crippen molar-refractivity contribution in [3.05, 3.63) is 57.0 Å². The Morgan fingerprint density at radius 3 is 2.38 bits per heavy atom. The van der Waals surface area contributed by atoms with E-state index < -0.39 is 0 Å². The second-order valence-corrected chi connectivity index (χ2v) is 6.58. The molecule has 5 heteroatoms. The summed E-state index contributed by atoms with van der Waals surface area (Å²) in [4.78, 5) is 0. The molecule has 0 spiro atoms. The molecule has 21 heavy (non-hydrogen) atoms. The third-order valence-electron chi connectivity index (χ3n) is 3.26. The van der Waals surface area contributed by atoms with Crippen LogP contribution in [0.15, 0.2) is 55.9 Å². The highest BCUT2D eigenvalue weighted by Crippen LogP contribution is 2.39. The van der Waals surface area contributed by atoms with E-state index in [1.54, 1.807) is 0 Å². The van der Waals surface area contributed by atoms with Gasteiger partial charge in [-0.15, -0.1) is 0 Å². The fraction of sp³-hybridized carbons (Fsp3) is 0.0625. The lowest BCUT2D eigenvalue weighted by atomic mass is 9.98. The summed E-state index contributed by atoms with van der Waals surface area (Å²) in [5, 5.41) is 3.94. The van der Waals surface area contributed by atoms with Crippen molar-refractivity contribution in [1.29, 1.82) is 0 Å². The van der Waals surface area contributed by atoms with Gasteiger partial charge in [-0.25, -0.2) is 0 Å². The van der Waals surface area contributed by atoms with Gasteiger partial charge in [0.2, 0.25) is 0 Å². The number of nitrogens with zero attached hydrogens (tertiary/aromatic N) is 1. The van der Waals surface area contributed by atoms with E-state index in [1.807, 2.05) is 49.4 Å². The standard InChI is InChI=1S/C16H12Br2N2O/c1-9-4-2-3-5-13(9)14-15(21-20-16(14)19)10-6-11(17)8-12(18)7-10/h2-8H,1H3,(H2,19,20). The molecule has 0 fully saturated rings. The number of nitrogens with two attached hydrogens (primary N) is 1. The van der Waals surface area contributed by atoms with Crippen LogP contribution in [0.3, 0.4) is 0 Å². The van der Waals surface area contributed by atoms with Crippen molar-refractivity contribution in [2.75, 3.05) is 5.73 Å². The number of rotatable bonds is 2. The van der Waals surface area contributed by atoms with Gasteiger partial charge in [0.15, 0.2) is 11.6 Å². The molecule has 2 N–H and O–H groups in total. The minimum atomic E-state index is 0.399. The Morgan fingerprint density at radius 1 is 1.05 bits per heavy atom. The third kappa shape index (κ3) is 2.76. The van der Waals surface area contributed by atoms with Crippen molar-refractivity contribution in [1.82, 2.24) is 5.16 Å². The summed E-state index contributed by atoms with van der Waals surface area (Å²) >= 11 is 6.98. The molecule has 0 radical (unpaired) electrons. The van der Waals surface area contributed by atoms with Crippen LogP contribution in [-0.4, -0.2) is 5.16 Å². The molecule has 106 valence electrons. The Morgan fingerprint density at radius 2 is 1.71 bits per heavy atom. The first kappa shape index (κ1) is 14.4. The monoisotopic (exact) mass is 406 g/mol. The summed E-state index contributed by atoms with van der Waals surface area (Å²) in [6, 6.07) is 14.0. The first-order valence-corrected chi connectivity index (χ1v) is 7.92. The van der Waals surface area contributed by atoms with Crippen molar-refractivity contribution in [2.45, 2.75) is 6.92 Å². The lowest BCUT2D eigenvalue weighted by Gasteiger charge is -2.07. The van der Waals surface area contributed by atoms with E-state index in [0.717, 1.165) is 31.2 Å². The zero-order chi connectivity index (χ0) is 15.0. The van der Waals surface area contributed by atoms with E-state index in [4.69, 9.17) is 10.3 Å². The minimum absolute atomic E-state index is 0.399. The number of halogens is 2. The van der Waals surface area contributed by atoms with Crippen LogP contribution < -0.4 is 5.73 Å². The van der Waals surface area contributed by atoms with Crippen LogP contribution >= 0.6 is 31.9 Å². The topological polar surface area (TPSA) is 52.0 Å². The van der Waals surface area contributed by atoms with Crippen LogP contribution in [-0.2, 0) is 0 Å². The van der Waals surface area contributed by atoms with Gasteiger partial charge in [0.25, 0.3) is 0 Å². The number of benzene rings is 2. The molecule has 0 unspecified atom stereocenters. The maximum absolute atomic E-state index is 6.03. The van der Waals surface area contributed by atoms with Crippen LogP contribution in [0, 0.1) is 6.92 Å². The fourth-order valence-electron chi connectivity index (χ4n) is 2.30. The Hall–Kier alpha value is -1.59. The van der Waals surface area contributed by atoms with E-state index >= 15 is 0 Å². The van der Waals surface area contributed by atoms with Crippen molar-refractivity contribution in [3.63, 3.8) is 0 Å². The number of anilines is 1. The molecule has 1 aromatic heterocycles. The Bertz CT molecular complexity index is 792. The summed E-state index contributed by atoms with van der Waals surface area (Å²) in [5.41, 5.74) is 9.93. The van der Waals surface area contributed by atoms with Crippen molar-refractivity contribution < 1.29 is 4.52 Å². The third-order valence-corrected chi connectivity index (χ3v) is 4.17. The van der Waals surface area contributed by atoms with Gasteiger partial charge < -0.3 is 10.3 Å². The van der Waals surface area contributed by atoms with Crippen LogP contribution in [0.1, 0.15) is 5.56 Å². The smallest absolute Gasteiger partial charge is 0.177 e. The van der Waals surface area contributed by atoms with Crippen LogP contribution in [0.25, 0.3) is 22.5 Å².